The van der Waals surface area contributed by atoms with Crippen LogP contribution in [0.5, 0.6) is 0 Å². The smallest absolute Gasteiger partial charge is 0.313 e. The summed E-state index contributed by atoms with van der Waals surface area (Å²) in [5.41, 5.74) is 2.39. The highest BCUT2D eigenvalue weighted by atomic mass is 16.5. The number of carboxylic acids is 2. The van der Waals surface area contributed by atoms with Crippen LogP contribution in [0, 0.1) is 5.92 Å². The molecule has 2 aliphatic rings. The van der Waals surface area contributed by atoms with E-state index >= 15 is 0 Å². The molecule has 32 heavy (non-hydrogen) atoms. The van der Waals surface area contributed by atoms with Crippen molar-refractivity contribution in [3.63, 3.8) is 0 Å². The summed E-state index contributed by atoms with van der Waals surface area (Å²) in [6.45, 7) is 6.41. The number of hydrogen-bond acceptors (Lipinski definition) is 7. The van der Waals surface area contributed by atoms with Crippen LogP contribution in [0.1, 0.15) is 63.5 Å². The van der Waals surface area contributed by atoms with Crippen molar-refractivity contribution in [3.8, 4) is 0 Å². The van der Waals surface area contributed by atoms with Gasteiger partial charge in [0.2, 0.25) is 0 Å². The van der Waals surface area contributed by atoms with Gasteiger partial charge in [0, 0.05) is 12.1 Å². The lowest BCUT2D eigenvalue weighted by Crippen LogP contribution is -2.43. The first-order chi connectivity index (χ1) is 15.1. The minimum absolute atomic E-state index is 0.0689. The van der Waals surface area contributed by atoms with Gasteiger partial charge in [-0.15, -0.1) is 0 Å². The molecule has 0 aromatic heterocycles. The number of fused-ring (bicyclic) bond motifs is 2. The van der Waals surface area contributed by atoms with Crippen LogP contribution in [0.25, 0.3) is 0 Å². The van der Waals surface area contributed by atoms with Crippen LogP contribution in [0.15, 0.2) is 36.4 Å². The molecular formula is C25H33NO6-2. The molecule has 0 amide bonds. The molecule has 7 nitrogen and oxygen atoms in total. The first-order valence-electron chi connectivity index (χ1n) is 11.2. The number of piperidine rings is 1. The fourth-order valence-corrected chi connectivity index (χ4v) is 4.41. The third kappa shape index (κ3) is 7.79. The zero-order valence-corrected chi connectivity index (χ0v) is 19.3. The minimum Gasteiger partial charge on any atom is -0.545 e. The van der Waals surface area contributed by atoms with Crippen molar-refractivity contribution in [2.24, 2.45) is 5.92 Å². The Labute approximate surface area is 190 Å². The molecule has 1 aromatic rings. The summed E-state index contributed by atoms with van der Waals surface area (Å²) < 4.78 is 5.87. The Balaban J connectivity index is 0.000000390. The normalized spacial score (nSPS) is 23.5. The molecule has 3 atom stereocenters. The second-order valence-electron chi connectivity index (χ2n) is 9.11. The van der Waals surface area contributed by atoms with Crippen molar-refractivity contribution in [1.29, 1.82) is 0 Å². The number of esters is 1. The number of carbonyl (C=O) groups is 3. The van der Waals surface area contributed by atoms with E-state index in [0.717, 1.165) is 24.8 Å². The minimum atomic E-state index is -1.55. The number of hydrogen-bond donors (Lipinski definition) is 0. The highest BCUT2D eigenvalue weighted by molar-refractivity contribution is 5.87. The molecule has 0 radical (unpaired) electrons. The van der Waals surface area contributed by atoms with Crippen molar-refractivity contribution < 1.29 is 29.3 Å². The highest BCUT2D eigenvalue weighted by Crippen LogP contribution is 2.36. The summed E-state index contributed by atoms with van der Waals surface area (Å²) in [6.07, 6.45) is 6.46. The molecule has 176 valence electrons. The summed E-state index contributed by atoms with van der Waals surface area (Å²) in [7, 11) is 2.21. The number of carbonyl (C=O) groups excluding carboxylic acids is 3. The average Bonchev–Trinajstić information content (AvgIpc) is 2.93. The largest absolute Gasteiger partial charge is 0.545 e. The molecule has 2 heterocycles. The van der Waals surface area contributed by atoms with Gasteiger partial charge in [0.05, 0.1) is 17.9 Å². The second-order valence-corrected chi connectivity index (χ2v) is 9.11. The molecule has 2 bridgehead atoms. The van der Waals surface area contributed by atoms with Crippen molar-refractivity contribution in [1.82, 2.24) is 4.90 Å². The van der Waals surface area contributed by atoms with Crippen molar-refractivity contribution in [2.45, 2.75) is 77.0 Å². The molecule has 7 heteroatoms. The summed E-state index contributed by atoms with van der Waals surface area (Å²) in [5, 5.41) is 18.8. The van der Waals surface area contributed by atoms with E-state index in [1.165, 1.54) is 18.4 Å². The van der Waals surface area contributed by atoms with E-state index in [9.17, 15) is 24.6 Å². The Morgan fingerprint density at radius 2 is 1.50 bits per heavy atom. The number of carboxylic acid groups (broad SMARTS) is 2. The SMILES string of the molecule is CC(C)Cc1ccc(C(C)C(=O)OC2CC3CCC(C2)N3C)cc1.O=C([O-])/C=C\C(=O)[O-]. The van der Waals surface area contributed by atoms with Gasteiger partial charge in [-0.05, 0) is 75.3 Å². The third-order valence-corrected chi connectivity index (χ3v) is 6.17. The van der Waals surface area contributed by atoms with Gasteiger partial charge in [-0.1, -0.05) is 38.1 Å². The van der Waals surface area contributed by atoms with Crippen LogP contribution in [-0.2, 0) is 25.5 Å². The van der Waals surface area contributed by atoms with Crippen LogP contribution >= 0.6 is 0 Å². The lowest BCUT2D eigenvalue weighted by atomic mass is 9.96. The summed E-state index contributed by atoms with van der Waals surface area (Å²) in [4.78, 5) is 33.9. The Kier molecular flexibility index (Phi) is 9.44. The molecule has 3 unspecified atom stereocenters. The zero-order valence-electron chi connectivity index (χ0n) is 19.3. The molecule has 1 aromatic carbocycles. The molecule has 2 aliphatic heterocycles. The third-order valence-electron chi connectivity index (χ3n) is 6.17. The maximum atomic E-state index is 12.6. The monoisotopic (exact) mass is 443 g/mol. The number of nitrogens with zero attached hydrogens (tertiary/aromatic N) is 1. The molecule has 3 rings (SSSR count). The first-order valence-corrected chi connectivity index (χ1v) is 11.2. The number of rotatable bonds is 7. The van der Waals surface area contributed by atoms with E-state index in [2.05, 4.69) is 50.1 Å². The van der Waals surface area contributed by atoms with Crippen LogP contribution in [-0.4, -0.2) is 48.0 Å². The van der Waals surface area contributed by atoms with Gasteiger partial charge < -0.3 is 29.4 Å². The molecule has 0 N–H and O–H groups in total. The predicted molar refractivity (Wildman–Crippen MR) is 116 cm³/mol. The van der Waals surface area contributed by atoms with Crippen molar-refractivity contribution in [3.05, 3.63) is 47.5 Å². The average molecular weight is 444 g/mol. The number of aliphatic carboxylic acids is 2. The van der Waals surface area contributed by atoms with E-state index in [1.54, 1.807) is 0 Å². The Morgan fingerprint density at radius 1 is 1.00 bits per heavy atom. The van der Waals surface area contributed by atoms with E-state index < -0.39 is 11.9 Å². The molecule has 2 fully saturated rings. The maximum absolute atomic E-state index is 12.6. The lowest BCUT2D eigenvalue weighted by Gasteiger charge is -2.36. The van der Waals surface area contributed by atoms with Gasteiger partial charge >= 0.3 is 5.97 Å². The lowest BCUT2D eigenvalue weighted by molar-refractivity contribution is -0.301. The number of benzene rings is 1. The summed E-state index contributed by atoms with van der Waals surface area (Å²) >= 11 is 0. The fourth-order valence-electron chi connectivity index (χ4n) is 4.41. The number of ether oxygens (including phenoxy) is 1. The van der Waals surface area contributed by atoms with E-state index in [1.807, 2.05) is 6.92 Å². The highest BCUT2D eigenvalue weighted by Gasteiger charge is 2.40. The second kappa shape index (κ2) is 11.8. The molecular weight excluding hydrogens is 410 g/mol. The Hall–Kier alpha value is -2.67. The van der Waals surface area contributed by atoms with Crippen LogP contribution in [0.3, 0.4) is 0 Å². The van der Waals surface area contributed by atoms with Crippen molar-refractivity contribution >= 4 is 17.9 Å². The summed E-state index contributed by atoms with van der Waals surface area (Å²) in [6, 6.07) is 9.67. The standard InChI is InChI=1S/C21H31NO2.C4H4O4/c1-14(2)11-16-5-7-17(8-6-16)15(3)21(23)24-20-12-18-9-10-19(13-20)22(18)4;5-3(6)1-2-4(7)8/h5-8,14-15,18-20H,9-13H2,1-4H3;1-2H,(H,5,6)(H,7,8)/p-2/b;2-1-. The topological polar surface area (TPSA) is 110 Å². The van der Waals surface area contributed by atoms with E-state index in [4.69, 9.17) is 4.74 Å². The van der Waals surface area contributed by atoms with Crippen molar-refractivity contribution in [2.75, 3.05) is 7.05 Å². The quantitative estimate of drug-likeness (QED) is 0.460. The van der Waals surface area contributed by atoms with Crippen LogP contribution < -0.4 is 10.2 Å². The van der Waals surface area contributed by atoms with Gasteiger partial charge in [0.1, 0.15) is 6.10 Å². The van der Waals surface area contributed by atoms with Gasteiger partial charge in [0.15, 0.2) is 0 Å². The van der Waals surface area contributed by atoms with Gasteiger partial charge in [0.25, 0.3) is 0 Å². The Morgan fingerprint density at radius 3 is 1.94 bits per heavy atom. The molecule has 0 aliphatic carbocycles. The maximum Gasteiger partial charge on any atom is 0.313 e. The van der Waals surface area contributed by atoms with E-state index in [-0.39, 0.29) is 18.0 Å². The Bertz CT molecular complexity index is 786. The predicted octanol–water partition coefficient (Wildman–Crippen LogP) is 1.20. The van der Waals surface area contributed by atoms with Crippen LogP contribution in [0.4, 0.5) is 0 Å². The zero-order chi connectivity index (χ0) is 23.8. The van der Waals surface area contributed by atoms with Gasteiger partial charge in [-0.2, -0.15) is 0 Å². The van der Waals surface area contributed by atoms with Gasteiger partial charge in [-0.3, -0.25) is 4.79 Å². The molecule has 0 spiro atoms. The summed E-state index contributed by atoms with van der Waals surface area (Å²) in [5.74, 6) is -2.70. The molecule has 2 saturated heterocycles. The van der Waals surface area contributed by atoms with Crippen LogP contribution in [0.2, 0.25) is 0 Å². The fraction of sp³-hybridized carbons (Fsp3) is 0.560. The first kappa shape index (κ1) is 25.6. The molecule has 0 saturated carbocycles. The van der Waals surface area contributed by atoms with E-state index in [0.29, 0.717) is 30.2 Å². The van der Waals surface area contributed by atoms with Gasteiger partial charge in [-0.25, -0.2) is 0 Å².